The van der Waals surface area contributed by atoms with Gasteiger partial charge in [0, 0.05) is 19.2 Å². The Morgan fingerprint density at radius 1 is 1.41 bits per heavy atom. The Labute approximate surface area is 103 Å². The van der Waals surface area contributed by atoms with Crippen LogP contribution in [0.2, 0.25) is 0 Å². The van der Waals surface area contributed by atoms with Gasteiger partial charge in [-0.05, 0) is 12.6 Å². The van der Waals surface area contributed by atoms with Gasteiger partial charge in [0.05, 0.1) is 11.8 Å². The molecule has 1 N–H and O–H groups in total. The molecule has 0 radical (unpaired) electrons. The Morgan fingerprint density at radius 3 is 3.06 bits per heavy atom. The van der Waals surface area contributed by atoms with Crippen LogP contribution in [0.1, 0.15) is 11.9 Å². The van der Waals surface area contributed by atoms with Gasteiger partial charge in [0.1, 0.15) is 5.01 Å². The van der Waals surface area contributed by atoms with E-state index in [2.05, 4.69) is 27.4 Å². The summed E-state index contributed by atoms with van der Waals surface area (Å²) in [5.41, 5.74) is 0.465. The zero-order valence-corrected chi connectivity index (χ0v) is 10.3. The van der Waals surface area contributed by atoms with Crippen molar-refractivity contribution in [1.29, 1.82) is 0 Å². The summed E-state index contributed by atoms with van der Waals surface area (Å²) in [4.78, 5) is 3.71. The summed E-state index contributed by atoms with van der Waals surface area (Å²) < 4.78 is 13.5. The summed E-state index contributed by atoms with van der Waals surface area (Å²) >= 11 is 1.42. The maximum atomic E-state index is 13.5. The van der Waals surface area contributed by atoms with Crippen LogP contribution in [0.5, 0.6) is 0 Å². The largest absolute Gasteiger partial charge is 0.317 e. The molecule has 0 spiro atoms. The second-order valence-corrected chi connectivity index (χ2v) is 4.52. The third-order valence-electron chi connectivity index (χ3n) is 2.24. The highest BCUT2D eigenvalue weighted by Crippen LogP contribution is 2.25. The molecule has 2 aromatic rings. The molecular weight excluding hydrogens is 239 g/mol. The maximum absolute atomic E-state index is 13.5. The van der Waals surface area contributed by atoms with Crippen molar-refractivity contribution in [3.8, 4) is 10.6 Å². The van der Waals surface area contributed by atoms with E-state index < -0.39 is 0 Å². The first kappa shape index (κ1) is 12.1. The van der Waals surface area contributed by atoms with Crippen molar-refractivity contribution in [2.45, 2.75) is 13.3 Å². The smallest absolute Gasteiger partial charge is 0.151 e. The van der Waals surface area contributed by atoms with Gasteiger partial charge in [0.15, 0.2) is 10.8 Å². The van der Waals surface area contributed by atoms with Crippen molar-refractivity contribution in [2.75, 3.05) is 13.1 Å². The van der Waals surface area contributed by atoms with Crippen LogP contribution in [-0.4, -0.2) is 28.3 Å². The van der Waals surface area contributed by atoms with E-state index in [9.17, 15) is 4.39 Å². The van der Waals surface area contributed by atoms with E-state index in [1.165, 1.54) is 17.5 Å². The first-order valence-corrected chi connectivity index (χ1v) is 6.26. The lowest BCUT2D eigenvalue weighted by Gasteiger charge is -1.96. The standard InChI is InChI=1S/C11H13FN4S/c1-2-13-6-4-10-15-16-11(17-10)8-3-5-14-7-9(8)12/h3,5,7,13H,2,4,6H2,1H3. The zero-order chi connectivity index (χ0) is 12.1. The summed E-state index contributed by atoms with van der Waals surface area (Å²) in [5.74, 6) is -0.359. The van der Waals surface area contributed by atoms with E-state index in [1.807, 2.05) is 0 Å². The van der Waals surface area contributed by atoms with Crippen LogP contribution < -0.4 is 5.32 Å². The van der Waals surface area contributed by atoms with Crippen molar-refractivity contribution >= 4 is 11.3 Å². The molecule has 0 amide bonds. The van der Waals surface area contributed by atoms with Crippen LogP contribution in [0.15, 0.2) is 18.5 Å². The van der Waals surface area contributed by atoms with Crippen molar-refractivity contribution in [2.24, 2.45) is 0 Å². The lowest BCUT2D eigenvalue weighted by molar-refractivity contribution is 0.624. The maximum Gasteiger partial charge on any atom is 0.151 e. The summed E-state index contributed by atoms with van der Waals surface area (Å²) in [5, 5.41) is 12.8. The molecule has 0 unspecified atom stereocenters. The molecule has 2 heterocycles. The fraction of sp³-hybridized carbons (Fsp3) is 0.364. The average molecular weight is 252 g/mol. The van der Waals surface area contributed by atoms with Crippen molar-refractivity contribution < 1.29 is 4.39 Å². The van der Waals surface area contributed by atoms with Crippen LogP contribution in [0.25, 0.3) is 10.6 Å². The number of nitrogens with zero attached hydrogens (tertiary/aromatic N) is 3. The van der Waals surface area contributed by atoms with E-state index >= 15 is 0 Å². The highest BCUT2D eigenvalue weighted by atomic mass is 32.1. The monoisotopic (exact) mass is 252 g/mol. The fourth-order valence-corrected chi connectivity index (χ4v) is 2.25. The Balaban J connectivity index is 2.10. The first-order chi connectivity index (χ1) is 8.31. The minimum atomic E-state index is -0.359. The minimum Gasteiger partial charge on any atom is -0.317 e. The quantitative estimate of drug-likeness (QED) is 0.826. The van der Waals surface area contributed by atoms with Gasteiger partial charge in [-0.15, -0.1) is 10.2 Å². The van der Waals surface area contributed by atoms with Gasteiger partial charge in [-0.1, -0.05) is 18.3 Å². The number of halogens is 1. The van der Waals surface area contributed by atoms with Crippen LogP contribution in [0.4, 0.5) is 4.39 Å². The second-order valence-electron chi connectivity index (χ2n) is 3.46. The van der Waals surface area contributed by atoms with Crippen LogP contribution in [0, 0.1) is 5.82 Å². The number of pyridine rings is 1. The highest BCUT2D eigenvalue weighted by molar-refractivity contribution is 7.14. The van der Waals surface area contributed by atoms with Crippen LogP contribution in [0.3, 0.4) is 0 Å². The summed E-state index contributed by atoms with van der Waals surface area (Å²) in [6.45, 7) is 3.85. The molecule has 90 valence electrons. The number of aromatic nitrogens is 3. The molecule has 0 aliphatic heterocycles. The number of hydrogen-bond acceptors (Lipinski definition) is 5. The lowest BCUT2D eigenvalue weighted by Crippen LogP contribution is -2.15. The predicted molar refractivity (Wildman–Crippen MR) is 65.3 cm³/mol. The van der Waals surface area contributed by atoms with Gasteiger partial charge in [0.2, 0.25) is 0 Å². The average Bonchev–Trinajstić information content (AvgIpc) is 2.79. The molecule has 0 aromatic carbocycles. The molecule has 4 nitrogen and oxygen atoms in total. The van der Waals surface area contributed by atoms with E-state index in [1.54, 1.807) is 12.3 Å². The molecule has 2 rings (SSSR count). The number of nitrogens with one attached hydrogen (secondary N) is 1. The van der Waals surface area contributed by atoms with Gasteiger partial charge < -0.3 is 5.32 Å². The number of rotatable bonds is 5. The van der Waals surface area contributed by atoms with E-state index in [-0.39, 0.29) is 5.82 Å². The van der Waals surface area contributed by atoms with Gasteiger partial charge >= 0.3 is 0 Å². The summed E-state index contributed by atoms with van der Waals surface area (Å²) in [7, 11) is 0. The van der Waals surface area contributed by atoms with Crippen LogP contribution in [-0.2, 0) is 6.42 Å². The molecule has 0 saturated carbocycles. The predicted octanol–water partition coefficient (Wildman–Crippen LogP) is 1.89. The fourth-order valence-electron chi connectivity index (χ4n) is 1.38. The Bertz CT molecular complexity index is 486. The Hall–Kier alpha value is -1.40. The van der Waals surface area contributed by atoms with Crippen molar-refractivity contribution in [3.63, 3.8) is 0 Å². The molecule has 0 atom stereocenters. The van der Waals surface area contributed by atoms with E-state index in [0.717, 1.165) is 24.5 Å². The van der Waals surface area contributed by atoms with Crippen molar-refractivity contribution in [1.82, 2.24) is 20.5 Å². The normalized spacial score (nSPS) is 10.7. The highest BCUT2D eigenvalue weighted by Gasteiger charge is 2.10. The van der Waals surface area contributed by atoms with E-state index in [0.29, 0.717) is 10.6 Å². The SMILES string of the molecule is CCNCCc1nnc(-c2ccncc2F)s1. The zero-order valence-electron chi connectivity index (χ0n) is 9.48. The first-order valence-electron chi connectivity index (χ1n) is 5.44. The summed E-state index contributed by atoms with van der Waals surface area (Å²) in [6.07, 6.45) is 3.56. The number of likely N-dealkylation sites (N-methyl/N-ethyl adjacent to an activating group) is 1. The summed E-state index contributed by atoms with van der Waals surface area (Å²) in [6, 6.07) is 1.61. The minimum absolute atomic E-state index is 0.359. The topological polar surface area (TPSA) is 50.7 Å². The molecule has 0 saturated heterocycles. The molecule has 2 aromatic heterocycles. The van der Waals surface area contributed by atoms with Gasteiger partial charge in [-0.3, -0.25) is 4.98 Å². The van der Waals surface area contributed by atoms with Gasteiger partial charge in [0.25, 0.3) is 0 Å². The molecule has 0 bridgehead atoms. The van der Waals surface area contributed by atoms with Gasteiger partial charge in [-0.2, -0.15) is 0 Å². The lowest BCUT2D eigenvalue weighted by atomic mass is 10.3. The number of hydrogen-bond donors (Lipinski definition) is 1. The van der Waals surface area contributed by atoms with Crippen molar-refractivity contribution in [3.05, 3.63) is 29.3 Å². The van der Waals surface area contributed by atoms with E-state index in [4.69, 9.17) is 0 Å². The Morgan fingerprint density at radius 2 is 2.29 bits per heavy atom. The molecule has 0 aliphatic carbocycles. The van der Waals surface area contributed by atoms with Crippen LogP contribution >= 0.6 is 11.3 Å². The third-order valence-corrected chi connectivity index (χ3v) is 3.25. The molecule has 0 fully saturated rings. The third kappa shape index (κ3) is 3.04. The Kier molecular flexibility index (Phi) is 4.11. The second kappa shape index (κ2) is 5.79. The molecule has 6 heteroatoms. The molecule has 0 aliphatic rings. The van der Waals surface area contributed by atoms with Gasteiger partial charge in [-0.25, -0.2) is 4.39 Å². The molecule has 17 heavy (non-hydrogen) atoms. The molecular formula is C11H13FN4S.